The lowest BCUT2D eigenvalue weighted by Crippen LogP contribution is -2.30. The number of imide groups is 2. The fourth-order valence-corrected chi connectivity index (χ4v) is 12.2. The average Bonchev–Trinajstić information content (AvgIpc) is 1.61. The summed E-state index contributed by atoms with van der Waals surface area (Å²) in [6, 6.07) is 108. The topological polar surface area (TPSA) is 180 Å². The molecule has 0 spiro atoms. The van der Waals surface area contributed by atoms with Crippen molar-refractivity contribution in [1.29, 1.82) is 0 Å². The number of fused-ring (bicyclic) bond motifs is 2. The van der Waals surface area contributed by atoms with Gasteiger partial charge in [0.15, 0.2) is 0 Å². The van der Waals surface area contributed by atoms with E-state index < -0.39 is 47.5 Å². The van der Waals surface area contributed by atoms with E-state index >= 15 is 0 Å². The zero-order valence-electron chi connectivity index (χ0n) is 70.3. The minimum atomic E-state index is -0.763. The van der Waals surface area contributed by atoms with Crippen LogP contribution < -0.4 is 9.80 Å². The molecule has 14 heteroatoms. The summed E-state index contributed by atoms with van der Waals surface area (Å²) in [7, 11) is 4.74. The van der Waals surface area contributed by atoms with Crippen LogP contribution in [0, 0.1) is 98.7 Å². The Bertz CT molecular complexity index is 6330. The Balaban J connectivity index is 0.000000190. The number of rotatable bonds is 6. The van der Waals surface area contributed by atoms with E-state index in [0.29, 0.717) is 27.8 Å². The first-order valence-electron chi connectivity index (χ1n) is 39.6. The van der Waals surface area contributed by atoms with Gasteiger partial charge in [-0.3, -0.25) is 19.2 Å². The summed E-state index contributed by atoms with van der Waals surface area (Å²) >= 11 is 0. The molecule has 0 radical (unpaired) electrons. The van der Waals surface area contributed by atoms with E-state index in [1.807, 2.05) is 237 Å². The Hall–Kier alpha value is -17.4. The van der Waals surface area contributed by atoms with E-state index in [0.717, 1.165) is 48.7 Å². The standard InChI is InChI=1S/C50H29NO6.C34H21NO6.4C7H8/c1-56-49(54)42-29-43(50(55)57-2)31-44(30-42)51-47(52)45-32-40(27-25-38-21-17-36(18-22-38)15-13-34-9-5-3-6-10-34)41(33-46(45)48(51)53)28-26-39-23-19-37(20-24-39)16-14-35-11-7-4-8-12-35;1-40-33(38)26-19-27(34(39)41-2)21-28(20-26)35-31(36)29-17-16-25(18-30(29)32(35)37)15-14-24-12-10-23(11-13-24)9-8-22-6-4-3-5-7-22;4*1-7-5-3-2-4-6-7/h3-12,17-24,29-33H,1-2H3;3-7,10-13,16-21H,1-2H3;4*2-6H,1H3. The first kappa shape index (κ1) is 89.4. The first-order valence-corrected chi connectivity index (χ1v) is 39.6. The van der Waals surface area contributed by atoms with Gasteiger partial charge in [-0.25, -0.2) is 29.0 Å². The van der Waals surface area contributed by atoms with Crippen molar-refractivity contribution >= 4 is 58.9 Å². The average molecular weight is 1650 g/mol. The molecule has 2 heterocycles. The maximum Gasteiger partial charge on any atom is 0.337 e. The van der Waals surface area contributed by atoms with Gasteiger partial charge in [-0.1, -0.05) is 269 Å². The highest BCUT2D eigenvalue weighted by atomic mass is 16.5. The van der Waals surface area contributed by atoms with Crippen LogP contribution >= 0.6 is 0 Å². The quantitative estimate of drug-likeness (QED) is 0.0666. The molecule has 0 N–H and O–H groups in total. The third-order valence-corrected chi connectivity index (χ3v) is 18.8. The van der Waals surface area contributed by atoms with Gasteiger partial charge in [0, 0.05) is 66.8 Å². The summed E-state index contributed by atoms with van der Waals surface area (Å²) in [5, 5.41) is 0. The second-order valence-corrected chi connectivity index (χ2v) is 28.0. The van der Waals surface area contributed by atoms with Crippen molar-refractivity contribution in [2.75, 3.05) is 38.2 Å². The van der Waals surface area contributed by atoms with Crippen LogP contribution in [-0.2, 0) is 18.9 Å². The van der Waals surface area contributed by atoms with Crippen LogP contribution in [0.4, 0.5) is 11.4 Å². The molecule has 0 saturated heterocycles. The molecule has 612 valence electrons. The van der Waals surface area contributed by atoms with Crippen molar-refractivity contribution in [2.45, 2.75) is 27.7 Å². The Labute approximate surface area is 734 Å². The van der Waals surface area contributed by atoms with Crippen molar-refractivity contribution in [3.8, 4) is 71.0 Å². The highest BCUT2D eigenvalue weighted by Crippen LogP contribution is 2.34. The van der Waals surface area contributed by atoms with Gasteiger partial charge < -0.3 is 18.9 Å². The van der Waals surface area contributed by atoms with Crippen LogP contribution in [0.1, 0.15) is 172 Å². The Morgan fingerprint density at radius 2 is 0.397 bits per heavy atom. The zero-order chi connectivity index (χ0) is 89.1. The van der Waals surface area contributed by atoms with Gasteiger partial charge in [0.1, 0.15) is 0 Å². The predicted molar refractivity (Wildman–Crippen MR) is 493 cm³/mol. The van der Waals surface area contributed by atoms with Crippen LogP contribution in [0.25, 0.3) is 0 Å². The molecule has 0 aliphatic carbocycles. The smallest absolute Gasteiger partial charge is 0.337 e. The lowest BCUT2D eigenvalue weighted by molar-refractivity contribution is 0.0581. The number of nitrogens with zero attached hydrogens (tertiary/aromatic N) is 2. The Kier molecular flexibility index (Phi) is 32.0. The van der Waals surface area contributed by atoms with E-state index in [9.17, 15) is 38.4 Å². The lowest BCUT2D eigenvalue weighted by Gasteiger charge is -2.16. The van der Waals surface area contributed by atoms with Crippen molar-refractivity contribution < 1.29 is 57.3 Å². The molecule has 2 aliphatic heterocycles. The number of carbonyl (C=O) groups is 8. The van der Waals surface area contributed by atoms with Crippen molar-refractivity contribution in [1.82, 2.24) is 0 Å². The summed E-state index contributed by atoms with van der Waals surface area (Å²) < 4.78 is 19.2. The van der Waals surface area contributed by atoms with Crippen LogP contribution in [0.5, 0.6) is 0 Å². The molecule has 0 aromatic heterocycles. The third-order valence-electron chi connectivity index (χ3n) is 18.8. The van der Waals surface area contributed by atoms with Gasteiger partial charge in [0.2, 0.25) is 0 Å². The fourth-order valence-electron chi connectivity index (χ4n) is 12.2. The number of methoxy groups -OCH3 is 4. The SMILES string of the molecule is COC(=O)c1cc(C(=O)OC)cc(N2C(=O)c3cc(C#Cc4ccc(C#Cc5ccccc5)cc4)c(C#Cc4ccc(C#Cc5ccccc5)cc4)cc3C2=O)c1.COC(=O)c1cc(C(=O)OC)cc(N2C(=O)c3ccc(C#Cc4ccc(C#Cc5ccccc5)cc4)cc3C2=O)c1.Cc1ccccc1.Cc1ccccc1.Cc1ccccc1.Cc1ccccc1. The largest absolute Gasteiger partial charge is 0.465 e. The second-order valence-electron chi connectivity index (χ2n) is 28.0. The number of benzene rings is 14. The van der Waals surface area contributed by atoms with E-state index in [1.165, 1.54) is 93.2 Å². The highest BCUT2D eigenvalue weighted by molar-refractivity contribution is 6.36. The van der Waals surface area contributed by atoms with Gasteiger partial charge >= 0.3 is 23.9 Å². The normalized spacial score (nSPS) is 10.6. The number of hydrogen-bond acceptors (Lipinski definition) is 12. The van der Waals surface area contributed by atoms with Gasteiger partial charge in [-0.05, 0) is 204 Å². The monoisotopic (exact) mass is 1650 g/mol. The molecule has 0 bridgehead atoms. The number of carbonyl (C=O) groups excluding carboxylic acids is 8. The molecule has 0 unspecified atom stereocenters. The number of ether oxygens (including phenoxy) is 4. The molecule has 0 saturated carbocycles. The molecule has 0 atom stereocenters. The molecule has 14 nitrogen and oxygen atoms in total. The molecular formula is C112H82N2O12. The van der Waals surface area contributed by atoms with Gasteiger partial charge in [-0.15, -0.1) is 0 Å². The van der Waals surface area contributed by atoms with E-state index in [2.05, 4.69) is 147 Å². The van der Waals surface area contributed by atoms with Gasteiger partial charge in [-0.2, -0.15) is 0 Å². The van der Waals surface area contributed by atoms with Crippen LogP contribution in [-0.4, -0.2) is 75.9 Å². The lowest BCUT2D eigenvalue weighted by atomic mass is 9.99. The minimum absolute atomic E-state index is 0.00400. The fraction of sp³-hybridized carbons (Fsp3) is 0.0714. The van der Waals surface area contributed by atoms with Gasteiger partial charge in [0.05, 0.1) is 84.3 Å². The third kappa shape index (κ3) is 25.6. The molecule has 126 heavy (non-hydrogen) atoms. The minimum Gasteiger partial charge on any atom is -0.465 e. The maximum absolute atomic E-state index is 14.0. The number of aryl methyl sites for hydroxylation is 4. The number of esters is 4. The molecule has 16 rings (SSSR count). The number of anilines is 2. The predicted octanol–water partition coefficient (Wildman–Crippen LogP) is 20.5. The molecule has 2 aliphatic rings. The van der Waals surface area contributed by atoms with Crippen LogP contribution in [0.2, 0.25) is 0 Å². The summed E-state index contributed by atoms with van der Waals surface area (Å²) in [5.41, 5.74) is 14.5. The van der Waals surface area contributed by atoms with Crippen molar-refractivity contribution in [2.24, 2.45) is 0 Å². The maximum atomic E-state index is 14.0. The summed E-state index contributed by atoms with van der Waals surface area (Å²) in [6.45, 7) is 8.33. The Morgan fingerprint density at radius 1 is 0.206 bits per heavy atom. The van der Waals surface area contributed by atoms with Crippen LogP contribution in [0.15, 0.2) is 352 Å². The Morgan fingerprint density at radius 3 is 0.619 bits per heavy atom. The summed E-state index contributed by atoms with van der Waals surface area (Å²) in [4.78, 5) is 106. The molecule has 4 amide bonds. The second kappa shape index (κ2) is 45.1. The zero-order valence-corrected chi connectivity index (χ0v) is 70.3. The molecular weight excluding hydrogens is 1570 g/mol. The van der Waals surface area contributed by atoms with Gasteiger partial charge in [0.25, 0.3) is 23.6 Å². The number of amides is 4. The van der Waals surface area contributed by atoms with Crippen molar-refractivity contribution in [3.63, 3.8) is 0 Å². The summed E-state index contributed by atoms with van der Waals surface area (Å²) in [6.07, 6.45) is 0. The first-order chi connectivity index (χ1) is 61.2. The molecule has 14 aromatic carbocycles. The van der Waals surface area contributed by atoms with E-state index in [-0.39, 0.29) is 55.9 Å². The highest BCUT2D eigenvalue weighted by Gasteiger charge is 2.40. The molecule has 0 fully saturated rings. The molecule has 14 aromatic rings. The number of hydrogen-bond donors (Lipinski definition) is 0. The van der Waals surface area contributed by atoms with Crippen molar-refractivity contribution in [3.05, 3.63) is 485 Å². The van der Waals surface area contributed by atoms with E-state index in [1.54, 1.807) is 24.3 Å². The van der Waals surface area contributed by atoms with Crippen LogP contribution in [0.3, 0.4) is 0 Å². The van der Waals surface area contributed by atoms with E-state index in [4.69, 9.17) is 18.9 Å². The summed E-state index contributed by atoms with van der Waals surface area (Å²) in [5.74, 6) is 32.0.